The maximum atomic E-state index is 13.5. The second-order valence-corrected chi connectivity index (χ2v) is 8.99. The quantitative estimate of drug-likeness (QED) is 0.613. The zero-order chi connectivity index (χ0) is 22.7. The lowest BCUT2D eigenvalue weighted by Crippen LogP contribution is -2.47. The van der Waals surface area contributed by atoms with Crippen molar-refractivity contribution in [1.82, 2.24) is 9.80 Å². The molecule has 0 radical (unpaired) electrons. The Balaban J connectivity index is 1.52. The summed E-state index contributed by atoms with van der Waals surface area (Å²) in [6.45, 7) is 6.82. The Bertz CT molecular complexity index is 961. The third-order valence-electron chi connectivity index (χ3n) is 6.22. The van der Waals surface area contributed by atoms with Crippen LogP contribution in [0, 0.1) is 12.8 Å². The minimum atomic E-state index is -0.100. The molecule has 172 valence electrons. The fourth-order valence-electron chi connectivity index (χ4n) is 4.42. The van der Waals surface area contributed by atoms with Crippen LogP contribution in [0.1, 0.15) is 56.6 Å². The summed E-state index contributed by atoms with van der Waals surface area (Å²) in [5, 5.41) is 0. The zero-order valence-electron chi connectivity index (χ0n) is 19.1. The molecule has 1 aromatic carbocycles. The summed E-state index contributed by atoms with van der Waals surface area (Å²) in [5.41, 5.74) is 0.934. The van der Waals surface area contributed by atoms with E-state index in [-0.39, 0.29) is 37.1 Å². The number of carbonyl (C=O) groups excluding carboxylic acids is 2. The fourth-order valence-corrected chi connectivity index (χ4v) is 4.42. The third-order valence-corrected chi connectivity index (χ3v) is 6.22. The van der Waals surface area contributed by atoms with Crippen LogP contribution in [-0.4, -0.2) is 41.0 Å². The number of benzene rings is 1. The molecule has 2 heterocycles. The van der Waals surface area contributed by atoms with Crippen molar-refractivity contribution in [2.75, 3.05) is 13.3 Å². The molecule has 1 aliphatic carbocycles. The van der Waals surface area contributed by atoms with Gasteiger partial charge in [0.05, 0.1) is 6.54 Å². The number of amides is 2. The van der Waals surface area contributed by atoms with Crippen LogP contribution < -0.4 is 9.47 Å². The van der Waals surface area contributed by atoms with Gasteiger partial charge in [-0.25, -0.2) is 0 Å². The highest BCUT2D eigenvalue weighted by Gasteiger charge is 2.31. The van der Waals surface area contributed by atoms with Gasteiger partial charge in [-0.1, -0.05) is 18.9 Å². The Hall–Kier alpha value is -2.96. The summed E-state index contributed by atoms with van der Waals surface area (Å²) >= 11 is 0. The maximum absolute atomic E-state index is 13.5. The Morgan fingerprint density at radius 3 is 2.47 bits per heavy atom. The van der Waals surface area contributed by atoms with Crippen LogP contribution in [0.3, 0.4) is 0 Å². The average Bonchev–Trinajstić information content (AvgIpc) is 3.52. The highest BCUT2D eigenvalue weighted by molar-refractivity contribution is 5.86. The topological polar surface area (TPSA) is 72.2 Å². The number of hydrogen-bond donors (Lipinski definition) is 0. The Labute approximate surface area is 189 Å². The number of carbonyl (C=O) groups is 2. The van der Waals surface area contributed by atoms with Gasteiger partial charge in [-0.05, 0) is 63.4 Å². The number of nitrogens with zero attached hydrogens (tertiary/aromatic N) is 2. The summed E-state index contributed by atoms with van der Waals surface area (Å²) in [6.07, 6.45) is 4.01. The first kappa shape index (κ1) is 22.2. The first-order valence-electron chi connectivity index (χ1n) is 11.4. The summed E-state index contributed by atoms with van der Waals surface area (Å²) < 4.78 is 16.6. The van der Waals surface area contributed by atoms with Crippen molar-refractivity contribution in [2.24, 2.45) is 5.92 Å². The molecule has 1 saturated carbocycles. The van der Waals surface area contributed by atoms with Crippen molar-refractivity contribution < 1.29 is 23.5 Å². The predicted molar refractivity (Wildman–Crippen MR) is 119 cm³/mol. The molecule has 0 bridgehead atoms. The lowest BCUT2D eigenvalue weighted by molar-refractivity contribution is -0.145. The fraction of sp³-hybridized carbons (Fsp3) is 0.520. The van der Waals surface area contributed by atoms with Gasteiger partial charge in [0, 0.05) is 18.5 Å². The van der Waals surface area contributed by atoms with Crippen molar-refractivity contribution in [3.8, 4) is 11.5 Å². The summed E-state index contributed by atoms with van der Waals surface area (Å²) in [5.74, 6) is 2.95. The molecule has 1 aromatic heterocycles. The predicted octanol–water partition coefficient (Wildman–Crippen LogP) is 4.27. The van der Waals surface area contributed by atoms with E-state index in [0.717, 1.165) is 42.8 Å². The minimum absolute atomic E-state index is 0.0368. The van der Waals surface area contributed by atoms with Gasteiger partial charge in [-0.2, -0.15) is 0 Å². The lowest BCUT2D eigenvalue weighted by Gasteiger charge is -2.31. The van der Waals surface area contributed by atoms with Crippen LogP contribution >= 0.6 is 0 Å². The zero-order valence-corrected chi connectivity index (χ0v) is 19.1. The Kier molecular flexibility index (Phi) is 6.72. The van der Waals surface area contributed by atoms with E-state index in [0.29, 0.717) is 24.6 Å². The van der Waals surface area contributed by atoms with Crippen molar-refractivity contribution in [3.63, 3.8) is 0 Å². The first-order valence-corrected chi connectivity index (χ1v) is 11.4. The molecule has 1 aliphatic heterocycles. The normalized spacial score (nSPS) is 15.4. The van der Waals surface area contributed by atoms with Crippen LogP contribution in [0.5, 0.6) is 11.5 Å². The molecular weight excluding hydrogens is 408 g/mol. The van der Waals surface area contributed by atoms with Crippen LogP contribution in [0.25, 0.3) is 0 Å². The first-order chi connectivity index (χ1) is 15.4. The molecule has 7 heteroatoms. The largest absolute Gasteiger partial charge is 0.464 e. The SMILES string of the molecule is Cc1ccc(CN(Cc2ccc3c(c2)OCO3)C(=O)CN(C(=O)C2CCCC2)C(C)C)o1. The lowest BCUT2D eigenvalue weighted by atomic mass is 10.1. The summed E-state index contributed by atoms with van der Waals surface area (Å²) in [6, 6.07) is 9.44. The Morgan fingerprint density at radius 2 is 1.78 bits per heavy atom. The third kappa shape index (κ3) is 5.09. The molecule has 0 spiro atoms. The van der Waals surface area contributed by atoms with Crippen molar-refractivity contribution >= 4 is 11.8 Å². The van der Waals surface area contributed by atoms with E-state index in [1.54, 1.807) is 9.80 Å². The van der Waals surface area contributed by atoms with Gasteiger partial charge in [0.25, 0.3) is 0 Å². The molecule has 4 rings (SSSR count). The smallest absolute Gasteiger partial charge is 0.242 e. The molecule has 0 saturated heterocycles. The molecule has 2 amide bonds. The van der Waals surface area contributed by atoms with Gasteiger partial charge < -0.3 is 23.7 Å². The number of hydrogen-bond acceptors (Lipinski definition) is 5. The molecule has 0 N–H and O–H groups in total. The van der Waals surface area contributed by atoms with Crippen molar-refractivity contribution in [3.05, 3.63) is 47.4 Å². The van der Waals surface area contributed by atoms with Crippen molar-refractivity contribution in [1.29, 1.82) is 0 Å². The maximum Gasteiger partial charge on any atom is 0.242 e. The van der Waals surface area contributed by atoms with Gasteiger partial charge in [0.15, 0.2) is 11.5 Å². The average molecular weight is 441 g/mol. The number of furan rings is 1. The summed E-state index contributed by atoms with van der Waals surface area (Å²) in [4.78, 5) is 30.0. The van der Waals surface area contributed by atoms with E-state index < -0.39 is 0 Å². The molecule has 2 aromatic rings. The van der Waals surface area contributed by atoms with Gasteiger partial charge in [-0.15, -0.1) is 0 Å². The minimum Gasteiger partial charge on any atom is -0.464 e. The molecule has 2 aliphatic rings. The second kappa shape index (κ2) is 9.67. The van der Waals surface area contributed by atoms with E-state index in [1.807, 2.05) is 51.1 Å². The molecule has 0 atom stereocenters. The number of aryl methyl sites for hydroxylation is 1. The number of fused-ring (bicyclic) bond motifs is 1. The highest BCUT2D eigenvalue weighted by atomic mass is 16.7. The van der Waals surface area contributed by atoms with Crippen molar-refractivity contribution in [2.45, 2.75) is 65.6 Å². The molecule has 32 heavy (non-hydrogen) atoms. The number of rotatable bonds is 8. The molecule has 7 nitrogen and oxygen atoms in total. The number of ether oxygens (including phenoxy) is 2. The summed E-state index contributed by atoms with van der Waals surface area (Å²) in [7, 11) is 0. The van der Waals surface area contributed by atoms with Crippen LogP contribution in [0.2, 0.25) is 0 Å². The van der Waals surface area contributed by atoms with Gasteiger partial charge in [-0.3, -0.25) is 9.59 Å². The van der Waals surface area contributed by atoms with Gasteiger partial charge in [0.2, 0.25) is 18.6 Å². The second-order valence-electron chi connectivity index (χ2n) is 8.99. The van der Waals surface area contributed by atoms with E-state index in [9.17, 15) is 9.59 Å². The molecule has 0 unspecified atom stereocenters. The van der Waals surface area contributed by atoms with Gasteiger partial charge >= 0.3 is 0 Å². The highest BCUT2D eigenvalue weighted by Crippen LogP contribution is 2.33. The molecular formula is C25H32N2O5. The Morgan fingerprint density at radius 1 is 1.03 bits per heavy atom. The van der Waals surface area contributed by atoms with Crippen LogP contribution in [-0.2, 0) is 22.7 Å². The van der Waals surface area contributed by atoms with E-state index in [2.05, 4.69) is 0 Å². The monoisotopic (exact) mass is 440 g/mol. The van der Waals surface area contributed by atoms with Crippen LogP contribution in [0.4, 0.5) is 0 Å². The van der Waals surface area contributed by atoms with E-state index >= 15 is 0 Å². The van der Waals surface area contributed by atoms with E-state index in [1.165, 1.54) is 0 Å². The van der Waals surface area contributed by atoms with Crippen LogP contribution in [0.15, 0.2) is 34.7 Å². The van der Waals surface area contributed by atoms with Gasteiger partial charge in [0.1, 0.15) is 18.1 Å². The molecule has 1 fully saturated rings. The standard InChI is InChI=1S/C25H32N2O5/c1-17(2)27(25(29)20-6-4-5-7-20)15-24(28)26(14-21-10-8-18(3)32-21)13-19-9-11-22-23(12-19)31-16-30-22/h8-12,17,20H,4-7,13-16H2,1-3H3. The van der Waals surface area contributed by atoms with E-state index in [4.69, 9.17) is 13.9 Å².